The minimum Gasteiger partial charge on any atom is -0.478 e. The molecule has 0 aliphatic carbocycles. The van der Waals surface area contributed by atoms with Crippen LogP contribution >= 0.6 is 0 Å². The van der Waals surface area contributed by atoms with Crippen LogP contribution in [0.1, 0.15) is 46.1 Å². The Balaban J connectivity index is 2.94. The smallest absolute Gasteiger partial charge is 0.334 e. The number of para-hydroxylation sites is 1. The topological polar surface area (TPSA) is 121 Å². The first-order chi connectivity index (χ1) is 12.4. The van der Waals surface area contributed by atoms with Crippen LogP contribution in [0.5, 0.6) is 0 Å². The Morgan fingerprint density at radius 2 is 1.48 bits per heavy atom. The van der Waals surface area contributed by atoms with E-state index in [1.165, 1.54) is 24.3 Å². The SMILES string of the molecule is CC1=C(C(=O)O)C(c2ccccc2[N+](=O)[O-])C(C(=O)O)=C(C)N1C(C)(C)C. The molecule has 1 heterocycles. The first kappa shape index (κ1) is 20.2. The highest BCUT2D eigenvalue weighted by molar-refractivity contribution is 5.98. The second-order valence-corrected chi connectivity index (χ2v) is 7.36. The summed E-state index contributed by atoms with van der Waals surface area (Å²) in [5.74, 6) is -3.87. The van der Waals surface area contributed by atoms with Gasteiger partial charge in [-0.25, -0.2) is 9.59 Å². The van der Waals surface area contributed by atoms with Gasteiger partial charge < -0.3 is 15.1 Å². The summed E-state index contributed by atoms with van der Waals surface area (Å²) >= 11 is 0. The van der Waals surface area contributed by atoms with Crippen LogP contribution in [0.3, 0.4) is 0 Å². The van der Waals surface area contributed by atoms with Crippen molar-refractivity contribution < 1.29 is 24.7 Å². The summed E-state index contributed by atoms with van der Waals surface area (Å²) in [6.07, 6.45) is 0. The molecule has 0 saturated carbocycles. The van der Waals surface area contributed by atoms with E-state index in [-0.39, 0.29) is 22.4 Å². The van der Waals surface area contributed by atoms with E-state index in [2.05, 4.69) is 0 Å². The van der Waals surface area contributed by atoms with Gasteiger partial charge >= 0.3 is 11.9 Å². The molecule has 1 aliphatic heterocycles. The number of rotatable bonds is 4. The molecule has 0 fully saturated rings. The zero-order chi connectivity index (χ0) is 20.7. The number of carboxylic acids is 2. The van der Waals surface area contributed by atoms with Crippen molar-refractivity contribution in [3.63, 3.8) is 0 Å². The highest BCUT2D eigenvalue weighted by Crippen LogP contribution is 2.46. The third-order valence-corrected chi connectivity index (χ3v) is 4.60. The maximum atomic E-state index is 12.1. The van der Waals surface area contributed by atoms with Gasteiger partial charge in [0.05, 0.1) is 22.0 Å². The number of nitro benzene ring substituents is 1. The summed E-state index contributed by atoms with van der Waals surface area (Å²) in [6.45, 7) is 8.70. The Labute approximate surface area is 156 Å². The van der Waals surface area contributed by atoms with Gasteiger partial charge in [0.1, 0.15) is 0 Å². The third kappa shape index (κ3) is 3.42. The summed E-state index contributed by atoms with van der Waals surface area (Å²) in [7, 11) is 0. The van der Waals surface area contributed by atoms with Crippen LogP contribution < -0.4 is 0 Å². The van der Waals surface area contributed by atoms with Crippen LogP contribution in [-0.2, 0) is 9.59 Å². The molecule has 0 unspecified atom stereocenters. The molecule has 0 radical (unpaired) electrons. The van der Waals surface area contributed by atoms with E-state index in [0.29, 0.717) is 11.4 Å². The zero-order valence-corrected chi connectivity index (χ0v) is 15.8. The number of nitrogens with zero attached hydrogens (tertiary/aromatic N) is 2. The van der Waals surface area contributed by atoms with E-state index >= 15 is 0 Å². The first-order valence-electron chi connectivity index (χ1n) is 8.31. The molecule has 2 N–H and O–H groups in total. The molecule has 0 bridgehead atoms. The fourth-order valence-corrected chi connectivity index (χ4v) is 3.83. The maximum Gasteiger partial charge on any atom is 0.334 e. The quantitative estimate of drug-likeness (QED) is 0.611. The lowest BCUT2D eigenvalue weighted by Gasteiger charge is -2.44. The Kier molecular flexibility index (Phi) is 5.12. The molecular weight excluding hydrogens is 352 g/mol. The molecule has 2 rings (SSSR count). The monoisotopic (exact) mass is 374 g/mol. The molecule has 0 aromatic heterocycles. The molecule has 8 heteroatoms. The predicted octanol–water partition coefficient (Wildman–Crippen LogP) is 3.51. The summed E-state index contributed by atoms with van der Waals surface area (Å²) in [5.41, 5.74) is -0.483. The van der Waals surface area contributed by atoms with E-state index in [1.54, 1.807) is 18.7 Å². The number of carbonyl (C=O) groups is 2. The number of aliphatic carboxylic acids is 2. The largest absolute Gasteiger partial charge is 0.478 e. The van der Waals surface area contributed by atoms with E-state index in [4.69, 9.17) is 0 Å². The Bertz CT molecular complexity index is 854. The zero-order valence-electron chi connectivity index (χ0n) is 15.8. The van der Waals surface area contributed by atoms with Crippen LogP contribution in [0.4, 0.5) is 5.69 Å². The van der Waals surface area contributed by atoms with Crippen LogP contribution in [0.2, 0.25) is 0 Å². The Hall–Kier alpha value is -3.16. The van der Waals surface area contributed by atoms with Gasteiger partial charge in [0, 0.05) is 28.6 Å². The molecule has 27 heavy (non-hydrogen) atoms. The molecule has 0 spiro atoms. The maximum absolute atomic E-state index is 12.1. The van der Waals surface area contributed by atoms with Gasteiger partial charge in [-0.1, -0.05) is 18.2 Å². The highest BCUT2D eigenvalue weighted by Gasteiger charge is 2.43. The number of hydrogen-bond acceptors (Lipinski definition) is 5. The first-order valence-corrected chi connectivity index (χ1v) is 8.31. The molecule has 0 saturated heterocycles. The molecule has 0 amide bonds. The van der Waals surface area contributed by atoms with Crippen molar-refractivity contribution in [3.05, 3.63) is 62.5 Å². The second-order valence-electron chi connectivity index (χ2n) is 7.36. The summed E-state index contributed by atoms with van der Waals surface area (Å²) in [5, 5.41) is 31.2. The van der Waals surface area contributed by atoms with Crippen molar-refractivity contribution in [2.75, 3.05) is 0 Å². The lowest BCUT2D eigenvalue weighted by atomic mass is 9.78. The number of carboxylic acid groups (broad SMARTS) is 2. The molecule has 1 aromatic rings. The lowest BCUT2D eigenvalue weighted by Crippen LogP contribution is -2.44. The van der Waals surface area contributed by atoms with Gasteiger partial charge in [-0.15, -0.1) is 0 Å². The summed E-state index contributed by atoms with van der Waals surface area (Å²) in [4.78, 5) is 36.7. The highest BCUT2D eigenvalue weighted by atomic mass is 16.6. The number of nitro groups is 1. The average molecular weight is 374 g/mol. The van der Waals surface area contributed by atoms with E-state index in [1.807, 2.05) is 20.8 Å². The fourth-order valence-electron chi connectivity index (χ4n) is 3.83. The minimum absolute atomic E-state index is 0.0459. The summed E-state index contributed by atoms with van der Waals surface area (Å²) < 4.78 is 0. The normalized spacial score (nSPS) is 16.0. The standard InChI is InChI=1S/C19H22N2O6/c1-10-14(17(22)23)16(12-8-6-7-9-13(12)21(26)27)15(18(24)25)11(2)20(10)19(3,4)5/h6-9,16H,1-5H3,(H,22,23)(H,24,25). The van der Waals surface area contributed by atoms with Gasteiger partial charge in [0.25, 0.3) is 5.69 Å². The van der Waals surface area contributed by atoms with Crippen LogP contribution in [0.15, 0.2) is 46.8 Å². The van der Waals surface area contributed by atoms with Crippen molar-refractivity contribution in [1.82, 2.24) is 4.90 Å². The van der Waals surface area contributed by atoms with Gasteiger partial charge in [-0.3, -0.25) is 10.1 Å². The molecular formula is C19H22N2O6. The number of allylic oxidation sites excluding steroid dienone is 2. The van der Waals surface area contributed by atoms with Crippen molar-refractivity contribution in [2.45, 2.75) is 46.1 Å². The van der Waals surface area contributed by atoms with Crippen molar-refractivity contribution >= 4 is 17.6 Å². The Morgan fingerprint density at radius 1 is 1.04 bits per heavy atom. The predicted molar refractivity (Wildman–Crippen MR) is 98.1 cm³/mol. The van der Waals surface area contributed by atoms with Crippen molar-refractivity contribution in [3.8, 4) is 0 Å². The number of benzene rings is 1. The van der Waals surface area contributed by atoms with Crippen molar-refractivity contribution in [2.24, 2.45) is 0 Å². The van der Waals surface area contributed by atoms with E-state index in [0.717, 1.165) is 0 Å². The van der Waals surface area contributed by atoms with Gasteiger partial charge in [-0.2, -0.15) is 0 Å². The number of hydrogen-bond donors (Lipinski definition) is 2. The van der Waals surface area contributed by atoms with Crippen LogP contribution in [-0.4, -0.2) is 37.5 Å². The molecule has 1 aliphatic rings. The lowest BCUT2D eigenvalue weighted by molar-refractivity contribution is -0.385. The second kappa shape index (κ2) is 6.86. The Morgan fingerprint density at radius 3 is 1.85 bits per heavy atom. The van der Waals surface area contributed by atoms with Gasteiger partial charge in [0.15, 0.2) is 0 Å². The van der Waals surface area contributed by atoms with E-state index in [9.17, 15) is 29.9 Å². The van der Waals surface area contributed by atoms with Crippen LogP contribution in [0, 0.1) is 10.1 Å². The van der Waals surface area contributed by atoms with Gasteiger partial charge in [-0.05, 0) is 34.6 Å². The minimum atomic E-state index is -1.31. The van der Waals surface area contributed by atoms with Crippen LogP contribution in [0.25, 0.3) is 0 Å². The fraction of sp³-hybridized carbons (Fsp3) is 0.368. The molecule has 1 aromatic carbocycles. The molecule has 8 nitrogen and oxygen atoms in total. The molecule has 144 valence electrons. The van der Waals surface area contributed by atoms with Crippen molar-refractivity contribution in [1.29, 1.82) is 0 Å². The average Bonchev–Trinajstić information content (AvgIpc) is 2.51. The van der Waals surface area contributed by atoms with E-state index < -0.39 is 28.3 Å². The summed E-state index contributed by atoms with van der Waals surface area (Å²) in [6, 6.07) is 5.64. The third-order valence-electron chi connectivity index (χ3n) is 4.60. The van der Waals surface area contributed by atoms with Gasteiger partial charge in [0.2, 0.25) is 0 Å². The molecule has 0 atom stereocenters.